The predicted octanol–water partition coefficient (Wildman–Crippen LogP) is 2.69. The Kier molecular flexibility index (Phi) is 3.01. The first kappa shape index (κ1) is 10.8. The molecule has 0 aromatic carbocycles. The highest BCUT2D eigenvalue weighted by Gasteiger charge is 2.04. The van der Waals surface area contributed by atoms with Gasteiger partial charge in [-0.25, -0.2) is 0 Å². The zero-order valence-corrected chi connectivity index (χ0v) is 9.99. The summed E-state index contributed by atoms with van der Waals surface area (Å²) in [4.78, 5) is 13.6. The highest BCUT2D eigenvalue weighted by Crippen LogP contribution is 2.16. The van der Waals surface area contributed by atoms with Crippen LogP contribution in [0.3, 0.4) is 0 Å². The van der Waals surface area contributed by atoms with Crippen LogP contribution in [0, 0.1) is 6.92 Å². The first-order valence-electron chi connectivity index (χ1n) is 4.93. The third-order valence-electron chi connectivity index (χ3n) is 2.12. The van der Waals surface area contributed by atoms with E-state index in [1.807, 2.05) is 38.4 Å². The number of thiophene rings is 1. The monoisotopic (exact) mass is 232 g/mol. The molecule has 0 saturated heterocycles. The summed E-state index contributed by atoms with van der Waals surface area (Å²) < 4.78 is 1.71. The van der Waals surface area contributed by atoms with Crippen molar-refractivity contribution in [3.8, 4) is 0 Å². The summed E-state index contributed by atoms with van der Waals surface area (Å²) in [5.41, 5.74) is 0.795. The summed E-state index contributed by atoms with van der Waals surface area (Å²) in [5, 5.41) is 4.16. The number of allylic oxidation sites excluding steroid dienone is 1. The molecule has 0 saturated carbocycles. The van der Waals surface area contributed by atoms with Gasteiger partial charge in [-0.05, 0) is 37.3 Å². The number of carbonyl (C=O) groups excluding carboxylic acids is 1. The van der Waals surface area contributed by atoms with E-state index in [0.717, 1.165) is 15.4 Å². The molecule has 0 amide bonds. The van der Waals surface area contributed by atoms with Crippen molar-refractivity contribution in [3.05, 3.63) is 45.9 Å². The summed E-state index contributed by atoms with van der Waals surface area (Å²) in [6.07, 6.45) is 5.14. The molecule has 0 spiro atoms. The molecular weight excluding hydrogens is 220 g/mol. The Morgan fingerprint density at radius 3 is 2.81 bits per heavy atom. The lowest BCUT2D eigenvalue weighted by molar-refractivity contribution is 0.105. The molecule has 0 N–H and O–H groups in total. The van der Waals surface area contributed by atoms with E-state index in [2.05, 4.69) is 5.10 Å². The second-order valence-electron chi connectivity index (χ2n) is 3.52. The average molecular weight is 232 g/mol. The minimum Gasteiger partial charge on any atom is -0.288 e. The van der Waals surface area contributed by atoms with Gasteiger partial charge < -0.3 is 0 Å². The number of rotatable bonds is 3. The Balaban J connectivity index is 2.10. The first-order chi connectivity index (χ1) is 7.65. The molecule has 0 fully saturated rings. The first-order valence-corrected chi connectivity index (χ1v) is 5.75. The summed E-state index contributed by atoms with van der Waals surface area (Å²) >= 11 is 1.51. The standard InChI is InChI=1S/C12H12N2OS/c1-9-3-6-12(16-9)11(15)5-4-10-7-8-14(2)13-10/h3-8H,1-2H3/b5-4+. The highest BCUT2D eigenvalue weighted by molar-refractivity contribution is 7.14. The quantitative estimate of drug-likeness (QED) is 0.602. The van der Waals surface area contributed by atoms with E-state index in [1.54, 1.807) is 16.8 Å². The molecule has 0 atom stereocenters. The molecule has 0 aliphatic rings. The van der Waals surface area contributed by atoms with Crippen LogP contribution in [-0.2, 0) is 7.05 Å². The molecule has 0 bridgehead atoms. The van der Waals surface area contributed by atoms with Gasteiger partial charge >= 0.3 is 0 Å². The molecular formula is C12H12N2OS. The van der Waals surface area contributed by atoms with Crippen LogP contribution in [0.4, 0.5) is 0 Å². The van der Waals surface area contributed by atoms with Crippen molar-refractivity contribution in [1.82, 2.24) is 9.78 Å². The molecule has 0 aliphatic carbocycles. The van der Waals surface area contributed by atoms with Gasteiger partial charge in [0.05, 0.1) is 10.6 Å². The molecule has 2 heterocycles. The Morgan fingerprint density at radius 1 is 1.44 bits per heavy atom. The van der Waals surface area contributed by atoms with Gasteiger partial charge in [-0.15, -0.1) is 11.3 Å². The van der Waals surface area contributed by atoms with Crippen LogP contribution in [0.15, 0.2) is 30.5 Å². The minimum atomic E-state index is 0.0313. The second kappa shape index (κ2) is 4.45. The number of nitrogens with zero attached hydrogens (tertiary/aromatic N) is 2. The fourth-order valence-electron chi connectivity index (χ4n) is 1.33. The van der Waals surface area contributed by atoms with Gasteiger partial charge in [-0.1, -0.05) is 0 Å². The van der Waals surface area contributed by atoms with Crippen LogP contribution >= 0.6 is 11.3 Å². The SMILES string of the molecule is Cc1ccc(C(=O)/C=C/c2ccn(C)n2)s1. The maximum absolute atomic E-state index is 11.7. The average Bonchev–Trinajstić information content (AvgIpc) is 2.84. The van der Waals surface area contributed by atoms with E-state index < -0.39 is 0 Å². The third kappa shape index (κ3) is 2.46. The molecule has 2 aromatic heterocycles. The fraction of sp³-hybridized carbons (Fsp3) is 0.167. The number of aryl methyl sites for hydroxylation is 2. The van der Waals surface area contributed by atoms with Gasteiger partial charge in [0, 0.05) is 18.1 Å². The summed E-state index contributed by atoms with van der Waals surface area (Å²) in [6.45, 7) is 1.99. The lowest BCUT2D eigenvalue weighted by atomic mass is 10.2. The Hall–Kier alpha value is -1.68. The lowest BCUT2D eigenvalue weighted by Crippen LogP contribution is -1.90. The van der Waals surface area contributed by atoms with Crippen LogP contribution in [0.1, 0.15) is 20.2 Å². The van der Waals surface area contributed by atoms with Crippen molar-refractivity contribution in [2.45, 2.75) is 6.92 Å². The number of hydrogen-bond donors (Lipinski definition) is 0. The van der Waals surface area contributed by atoms with Crippen LogP contribution in [0.2, 0.25) is 0 Å². The van der Waals surface area contributed by atoms with Crippen molar-refractivity contribution in [1.29, 1.82) is 0 Å². The smallest absolute Gasteiger partial charge is 0.195 e. The van der Waals surface area contributed by atoms with Crippen molar-refractivity contribution in [3.63, 3.8) is 0 Å². The van der Waals surface area contributed by atoms with Gasteiger partial charge in [0.2, 0.25) is 0 Å². The van der Waals surface area contributed by atoms with Gasteiger partial charge in [0.1, 0.15) is 0 Å². The van der Waals surface area contributed by atoms with E-state index in [4.69, 9.17) is 0 Å². The summed E-state index contributed by atoms with van der Waals surface area (Å²) in [7, 11) is 1.85. The summed E-state index contributed by atoms with van der Waals surface area (Å²) in [6, 6.07) is 5.67. The Morgan fingerprint density at radius 2 is 2.25 bits per heavy atom. The Labute approximate surface area is 98.0 Å². The van der Waals surface area contributed by atoms with E-state index in [-0.39, 0.29) is 5.78 Å². The van der Waals surface area contributed by atoms with Crippen molar-refractivity contribution in [2.75, 3.05) is 0 Å². The molecule has 4 heteroatoms. The number of ketones is 1. The molecule has 0 aliphatic heterocycles. The van der Waals surface area contributed by atoms with E-state index in [1.165, 1.54) is 11.3 Å². The largest absolute Gasteiger partial charge is 0.288 e. The molecule has 16 heavy (non-hydrogen) atoms. The molecule has 0 radical (unpaired) electrons. The lowest BCUT2D eigenvalue weighted by Gasteiger charge is -1.87. The normalized spacial score (nSPS) is 11.1. The van der Waals surface area contributed by atoms with Crippen molar-refractivity contribution >= 4 is 23.2 Å². The van der Waals surface area contributed by atoms with E-state index >= 15 is 0 Å². The van der Waals surface area contributed by atoms with E-state index in [9.17, 15) is 4.79 Å². The van der Waals surface area contributed by atoms with Crippen LogP contribution in [0.25, 0.3) is 6.08 Å². The topological polar surface area (TPSA) is 34.9 Å². The number of carbonyl (C=O) groups is 1. The summed E-state index contributed by atoms with van der Waals surface area (Å²) in [5.74, 6) is 0.0313. The molecule has 2 aromatic rings. The van der Waals surface area contributed by atoms with Gasteiger partial charge in [-0.2, -0.15) is 5.10 Å². The maximum atomic E-state index is 11.7. The second-order valence-corrected chi connectivity index (χ2v) is 4.81. The zero-order valence-electron chi connectivity index (χ0n) is 9.18. The van der Waals surface area contributed by atoms with Crippen LogP contribution in [-0.4, -0.2) is 15.6 Å². The van der Waals surface area contributed by atoms with E-state index in [0.29, 0.717) is 0 Å². The highest BCUT2D eigenvalue weighted by atomic mass is 32.1. The number of aromatic nitrogens is 2. The minimum absolute atomic E-state index is 0.0313. The predicted molar refractivity (Wildman–Crippen MR) is 65.6 cm³/mol. The third-order valence-corrected chi connectivity index (χ3v) is 3.14. The zero-order chi connectivity index (χ0) is 11.5. The molecule has 0 unspecified atom stereocenters. The molecule has 82 valence electrons. The van der Waals surface area contributed by atoms with Gasteiger partial charge in [-0.3, -0.25) is 9.48 Å². The fourth-order valence-corrected chi connectivity index (χ4v) is 2.12. The van der Waals surface area contributed by atoms with Crippen molar-refractivity contribution < 1.29 is 4.79 Å². The number of hydrogen-bond acceptors (Lipinski definition) is 3. The maximum Gasteiger partial charge on any atom is 0.195 e. The van der Waals surface area contributed by atoms with Crippen LogP contribution in [0.5, 0.6) is 0 Å². The Bertz CT molecular complexity index is 537. The molecule has 2 rings (SSSR count). The molecule has 3 nitrogen and oxygen atoms in total. The van der Waals surface area contributed by atoms with Crippen LogP contribution < -0.4 is 0 Å². The van der Waals surface area contributed by atoms with Crippen molar-refractivity contribution in [2.24, 2.45) is 7.05 Å². The van der Waals surface area contributed by atoms with Gasteiger partial charge in [0.15, 0.2) is 5.78 Å². The van der Waals surface area contributed by atoms with Gasteiger partial charge in [0.25, 0.3) is 0 Å².